The van der Waals surface area contributed by atoms with E-state index in [9.17, 15) is 24.0 Å². The Labute approximate surface area is 249 Å². The van der Waals surface area contributed by atoms with E-state index in [4.69, 9.17) is 4.74 Å². The normalized spacial score (nSPS) is 22.0. The SMILES string of the molecule is COC(=O)c1ccc(NC(=O)COC(=O)[C@@H](CC(C)C)N2C(=O)[C@@H]3C4c5ccccc5C(c5ccccc54)[C@@H]3C2=O)cc1. The third-order valence-corrected chi connectivity index (χ3v) is 8.70. The molecule has 1 fully saturated rings. The van der Waals surface area contributed by atoms with Gasteiger partial charge in [0.05, 0.1) is 24.5 Å². The van der Waals surface area contributed by atoms with Crippen LogP contribution in [0.15, 0.2) is 72.8 Å². The quantitative estimate of drug-likeness (QED) is 0.312. The minimum absolute atomic E-state index is 0.0333. The van der Waals surface area contributed by atoms with E-state index in [1.54, 1.807) is 0 Å². The van der Waals surface area contributed by atoms with Crippen LogP contribution in [-0.4, -0.2) is 54.3 Å². The summed E-state index contributed by atoms with van der Waals surface area (Å²) < 4.78 is 10.1. The Kier molecular flexibility index (Phi) is 7.33. The highest BCUT2D eigenvalue weighted by Gasteiger charge is 2.63. The summed E-state index contributed by atoms with van der Waals surface area (Å²) in [5.41, 5.74) is 4.92. The van der Waals surface area contributed by atoms with Gasteiger partial charge in [0.1, 0.15) is 6.04 Å². The molecule has 9 nitrogen and oxygen atoms in total. The van der Waals surface area contributed by atoms with E-state index in [-0.39, 0.29) is 36.0 Å². The predicted octanol–water partition coefficient (Wildman–Crippen LogP) is 4.26. The Hall–Kier alpha value is -4.79. The number of anilines is 1. The molecule has 3 atom stereocenters. The number of benzene rings is 3. The van der Waals surface area contributed by atoms with E-state index >= 15 is 0 Å². The van der Waals surface area contributed by atoms with Gasteiger partial charge in [-0.05, 0) is 58.9 Å². The van der Waals surface area contributed by atoms with Gasteiger partial charge in [0.25, 0.3) is 5.91 Å². The molecule has 0 radical (unpaired) electrons. The number of methoxy groups -OCH3 is 1. The first-order valence-electron chi connectivity index (χ1n) is 14.4. The number of likely N-dealkylation sites (tertiary alicyclic amines) is 1. The molecule has 1 aliphatic heterocycles. The lowest BCUT2D eigenvalue weighted by molar-refractivity contribution is -0.160. The second-order valence-electron chi connectivity index (χ2n) is 11.7. The highest BCUT2D eigenvalue weighted by Crippen LogP contribution is 2.61. The average molecular weight is 581 g/mol. The van der Waals surface area contributed by atoms with E-state index in [2.05, 4.69) is 10.1 Å². The first-order chi connectivity index (χ1) is 20.7. The molecule has 2 bridgehead atoms. The van der Waals surface area contributed by atoms with Crippen molar-refractivity contribution in [2.45, 2.75) is 38.1 Å². The molecule has 3 aliphatic carbocycles. The van der Waals surface area contributed by atoms with Crippen molar-refractivity contribution in [1.82, 2.24) is 4.90 Å². The van der Waals surface area contributed by atoms with Crippen molar-refractivity contribution >= 4 is 35.3 Å². The molecule has 220 valence electrons. The van der Waals surface area contributed by atoms with Crippen molar-refractivity contribution < 1.29 is 33.4 Å². The number of hydrogen-bond donors (Lipinski definition) is 1. The summed E-state index contributed by atoms with van der Waals surface area (Å²) in [5, 5.41) is 2.61. The predicted molar refractivity (Wildman–Crippen MR) is 156 cm³/mol. The Morgan fingerprint density at radius 2 is 1.28 bits per heavy atom. The minimum atomic E-state index is -1.15. The zero-order valence-electron chi connectivity index (χ0n) is 24.1. The minimum Gasteiger partial charge on any atom is -0.465 e. The van der Waals surface area contributed by atoms with Gasteiger partial charge in [-0.1, -0.05) is 62.4 Å². The van der Waals surface area contributed by atoms with Gasteiger partial charge in [-0.15, -0.1) is 0 Å². The molecule has 7 rings (SSSR count). The topological polar surface area (TPSA) is 119 Å². The van der Waals surface area contributed by atoms with Gasteiger partial charge < -0.3 is 14.8 Å². The number of carbonyl (C=O) groups excluding carboxylic acids is 5. The largest absolute Gasteiger partial charge is 0.465 e. The zero-order chi connectivity index (χ0) is 30.4. The molecule has 1 N–H and O–H groups in total. The molecule has 3 aromatic rings. The summed E-state index contributed by atoms with van der Waals surface area (Å²) in [5.74, 6) is -4.46. The van der Waals surface area contributed by atoms with E-state index in [1.165, 1.54) is 31.4 Å². The smallest absolute Gasteiger partial charge is 0.337 e. The molecule has 3 amide bonds. The van der Waals surface area contributed by atoms with Gasteiger partial charge in [-0.25, -0.2) is 9.59 Å². The summed E-state index contributed by atoms with van der Waals surface area (Å²) >= 11 is 0. The van der Waals surface area contributed by atoms with Crippen LogP contribution in [0.1, 0.15) is 64.7 Å². The standard InChI is InChI=1S/C34H32N2O7/c1-18(2)16-25(34(41)43-17-26(37)35-20-14-12-19(13-15-20)33(40)42-3)36-31(38)29-27-21-8-4-5-9-22(21)28(30(29)32(36)39)24-11-7-6-10-23(24)27/h4-15,18,25,27-30H,16-17H2,1-3H3,(H,35,37)/t25-,27?,28?,29-,30+/m1/s1. The number of ether oxygens (including phenoxy) is 2. The number of hydrogen-bond acceptors (Lipinski definition) is 7. The first-order valence-corrected chi connectivity index (χ1v) is 14.4. The lowest BCUT2D eigenvalue weighted by Crippen LogP contribution is -2.47. The van der Waals surface area contributed by atoms with E-state index in [1.807, 2.05) is 62.4 Å². The van der Waals surface area contributed by atoms with Gasteiger partial charge in [0, 0.05) is 17.5 Å². The molecule has 0 spiro atoms. The van der Waals surface area contributed by atoms with Gasteiger partial charge in [0.2, 0.25) is 11.8 Å². The van der Waals surface area contributed by atoms with Crippen LogP contribution < -0.4 is 5.32 Å². The van der Waals surface area contributed by atoms with Crippen molar-refractivity contribution in [3.63, 3.8) is 0 Å². The Bertz CT molecular complexity index is 1510. The molecule has 9 heteroatoms. The number of carbonyl (C=O) groups is 5. The van der Waals surface area contributed by atoms with E-state index < -0.39 is 42.3 Å². The molecule has 0 unspecified atom stereocenters. The summed E-state index contributed by atoms with van der Waals surface area (Å²) in [4.78, 5) is 67.2. The molecule has 0 saturated carbocycles. The van der Waals surface area contributed by atoms with Crippen LogP contribution in [0.4, 0.5) is 5.69 Å². The number of nitrogens with one attached hydrogen (secondary N) is 1. The molecular formula is C34H32N2O7. The summed E-state index contributed by atoms with van der Waals surface area (Å²) in [7, 11) is 1.28. The summed E-state index contributed by atoms with van der Waals surface area (Å²) in [6, 6.07) is 20.8. The maximum absolute atomic E-state index is 14.1. The fourth-order valence-electron chi connectivity index (χ4n) is 7.00. The summed E-state index contributed by atoms with van der Waals surface area (Å²) in [6.45, 7) is 3.20. The van der Waals surface area contributed by atoms with Crippen molar-refractivity contribution in [3.8, 4) is 0 Å². The number of amides is 3. The average Bonchev–Trinajstić information content (AvgIpc) is 3.28. The zero-order valence-corrected chi connectivity index (χ0v) is 24.1. The lowest BCUT2D eigenvalue weighted by atomic mass is 9.55. The van der Waals surface area contributed by atoms with Crippen LogP contribution in [0.5, 0.6) is 0 Å². The number of imide groups is 1. The molecule has 1 saturated heterocycles. The molecule has 0 aromatic heterocycles. The van der Waals surface area contributed by atoms with Crippen LogP contribution >= 0.6 is 0 Å². The monoisotopic (exact) mass is 580 g/mol. The van der Waals surface area contributed by atoms with Gasteiger partial charge in [-0.3, -0.25) is 19.3 Å². The van der Waals surface area contributed by atoms with Gasteiger partial charge in [0.15, 0.2) is 6.61 Å². The van der Waals surface area contributed by atoms with Crippen molar-refractivity contribution in [2.24, 2.45) is 17.8 Å². The number of nitrogens with zero attached hydrogens (tertiary/aromatic N) is 1. The van der Waals surface area contributed by atoms with Crippen LogP contribution in [-0.2, 0) is 28.7 Å². The van der Waals surface area contributed by atoms with Crippen LogP contribution in [0.2, 0.25) is 0 Å². The highest BCUT2D eigenvalue weighted by molar-refractivity contribution is 6.10. The molecular weight excluding hydrogens is 548 g/mol. The number of esters is 2. The molecule has 43 heavy (non-hydrogen) atoms. The maximum atomic E-state index is 14.1. The second-order valence-corrected chi connectivity index (χ2v) is 11.7. The van der Waals surface area contributed by atoms with E-state index in [0.29, 0.717) is 11.3 Å². The van der Waals surface area contributed by atoms with Crippen LogP contribution in [0.3, 0.4) is 0 Å². The second kappa shape index (κ2) is 11.1. The Morgan fingerprint density at radius 3 is 1.72 bits per heavy atom. The highest BCUT2D eigenvalue weighted by atomic mass is 16.5. The Balaban J connectivity index is 1.22. The van der Waals surface area contributed by atoms with Crippen molar-refractivity contribution in [1.29, 1.82) is 0 Å². The number of rotatable bonds is 8. The van der Waals surface area contributed by atoms with Crippen LogP contribution in [0.25, 0.3) is 0 Å². The van der Waals surface area contributed by atoms with Crippen molar-refractivity contribution in [3.05, 3.63) is 101 Å². The molecule has 1 heterocycles. The van der Waals surface area contributed by atoms with Gasteiger partial charge in [-0.2, -0.15) is 0 Å². The third kappa shape index (κ3) is 4.78. The Morgan fingerprint density at radius 1 is 0.791 bits per heavy atom. The summed E-state index contributed by atoms with van der Waals surface area (Å²) in [6.07, 6.45) is 0.210. The van der Waals surface area contributed by atoms with Crippen molar-refractivity contribution in [2.75, 3.05) is 19.0 Å². The van der Waals surface area contributed by atoms with E-state index in [0.717, 1.165) is 27.2 Å². The maximum Gasteiger partial charge on any atom is 0.337 e. The van der Waals surface area contributed by atoms with Gasteiger partial charge >= 0.3 is 11.9 Å². The fourth-order valence-corrected chi connectivity index (χ4v) is 7.00. The molecule has 3 aromatic carbocycles. The first kappa shape index (κ1) is 28.3. The molecule has 4 aliphatic rings. The third-order valence-electron chi connectivity index (χ3n) is 8.70. The van der Waals surface area contributed by atoms with Crippen LogP contribution in [0, 0.1) is 17.8 Å². The lowest BCUT2D eigenvalue weighted by Gasteiger charge is -2.45. The fraction of sp³-hybridized carbons (Fsp3) is 0.324.